The summed E-state index contributed by atoms with van der Waals surface area (Å²) in [6.07, 6.45) is 5.12. The first-order valence-corrected chi connectivity index (χ1v) is 15.6. The number of anilines is 1. The van der Waals surface area contributed by atoms with E-state index >= 15 is 0 Å². The quantitative estimate of drug-likeness (QED) is 0.111. The number of ether oxygens (including phenoxy) is 1. The number of carbonyl (C=O) groups excluding carboxylic acids is 2. The Morgan fingerprint density at radius 2 is 1.69 bits per heavy atom. The lowest BCUT2D eigenvalue weighted by molar-refractivity contribution is -0.121. The Labute approximate surface area is 256 Å². The maximum atomic E-state index is 13.4. The number of thioether (sulfide) groups is 1. The van der Waals surface area contributed by atoms with Gasteiger partial charge >= 0.3 is 0 Å². The number of rotatable bonds is 10. The zero-order chi connectivity index (χ0) is 29.6. The Bertz CT molecular complexity index is 1460. The maximum Gasteiger partial charge on any atom is 0.247 e. The summed E-state index contributed by atoms with van der Waals surface area (Å²) in [6.45, 7) is 4.85. The molecule has 7 nitrogen and oxygen atoms in total. The molecule has 218 valence electrons. The summed E-state index contributed by atoms with van der Waals surface area (Å²) in [6, 6.07) is 22.5. The van der Waals surface area contributed by atoms with E-state index in [0.29, 0.717) is 29.5 Å². The summed E-state index contributed by atoms with van der Waals surface area (Å²) < 4.78 is 5.81. The van der Waals surface area contributed by atoms with Gasteiger partial charge in [0.25, 0.3) is 0 Å². The summed E-state index contributed by atoms with van der Waals surface area (Å²) in [5.74, 6) is 0.109. The average Bonchev–Trinajstić information content (AvgIpc) is 3.55. The molecule has 1 N–H and O–H groups in total. The monoisotopic (exact) mass is 602 g/mol. The summed E-state index contributed by atoms with van der Waals surface area (Å²) in [4.78, 5) is 27.6. The van der Waals surface area contributed by atoms with Gasteiger partial charge in [-0.2, -0.15) is 5.10 Å². The topological polar surface area (TPSA) is 86.1 Å². The van der Waals surface area contributed by atoms with Gasteiger partial charge in [0.05, 0.1) is 24.0 Å². The Morgan fingerprint density at radius 3 is 2.38 bits per heavy atom. The Balaban J connectivity index is 1.28. The van der Waals surface area contributed by atoms with Gasteiger partial charge in [0.2, 0.25) is 11.8 Å². The smallest absolute Gasteiger partial charge is 0.247 e. The predicted molar refractivity (Wildman–Crippen MR) is 171 cm³/mol. The van der Waals surface area contributed by atoms with Crippen molar-refractivity contribution in [2.45, 2.75) is 63.7 Å². The molecular formula is C33H35ClN4O3S. The van der Waals surface area contributed by atoms with Crippen molar-refractivity contribution < 1.29 is 14.3 Å². The number of hydrogen-bond donors (Lipinski definition) is 1. The predicted octanol–water partition coefficient (Wildman–Crippen LogP) is 7.76. The van der Waals surface area contributed by atoms with Crippen LogP contribution in [0.2, 0.25) is 5.02 Å². The lowest BCUT2D eigenvalue weighted by Gasteiger charge is -2.24. The fraction of sp³-hybridized carbons (Fsp3) is 0.333. The third-order valence-corrected chi connectivity index (χ3v) is 8.79. The Hall–Kier alpha value is -3.62. The van der Waals surface area contributed by atoms with E-state index in [9.17, 15) is 9.59 Å². The van der Waals surface area contributed by atoms with E-state index in [4.69, 9.17) is 26.8 Å². The number of aryl methyl sites for hydroxylation is 1. The van der Waals surface area contributed by atoms with E-state index in [2.05, 4.69) is 6.92 Å². The van der Waals surface area contributed by atoms with Crippen LogP contribution in [0.1, 0.15) is 68.2 Å². The van der Waals surface area contributed by atoms with Crippen molar-refractivity contribution in [2.75, 3.05) is 11.5 Å². The lowest BCUT2D eigenvalue weighted by Crippen LogP contribution is -2.32. The van der Waals surface area contributed by atoms with Crippen molar-refractivity contribution in [3.05, 3.63) is 94.5 Å². The zero-order valence-electron chi connectivity index (χ0n) is 23.9. The highest BCUT2D eigenvalue weighted by Gasteiger charge is 2.42. The highest BCUT2D eigenvalue weighted by Crippen LogP contribution is 2.38. The van der Waals surface area contributed by atoms with E-state index in [1.165, 1.54) is 17.7 Å². The number of unbranched alkanes of at least 4 members (excludes halogenated alkanes) is 3. The van der Waals surface area contributed by atoms with Gasteiger partial charge in [0.15, 0.2) is 5.17 Å². The van der Waals surface area contributed by atoms with E-state index in [1.807, 2.05) is 55.5 Å². The number of amidine groups is 1. The minimum absolute atomic E-state index is 0.0234. The number of imide groups is 1. The van der Waals surface area contributed by atoms with Gasteiger partial charge in [0.1, 0.15) is 11.0 Å². The van der Waals surface area contributed by atoms with Crippen LogP contribution in [0.3, 0.4) is 0 Å². The molecule has 0 aromatic heterocycles. The Morgan fingerprint density at radius 1 is 0.976 bits per heavy atom. The summed E-state index contributed by atoms with van der Waals surface area (Å²) >= 11 is 7.22. The summed E-state index contributed by atoms with van der Waals surface area (Å²) in [7, 11) is 0. The first-order valence-electron chi connectivity index (χ1n) is 14.4. The molecule has 1 saturated heterocycles. The Kier molecular flexibility index (Phi) is 9.65. The highest BCUT2D eigenvalue weighted by atomic mass is 35.5. The van der Waals surface area contributed by atoms with E-state index < -0.39 is 5.25 Å². The number of nitrogens with zero attached hydrogens (tertiary/aromatic N) is 3. The van der Waals surface area contributed by atoms with Gasteiger partial charge in [0, 0.05) is 17.9 Å². The van der Waals surface area contributed by atoms with E-state index in [-0.39, 0.29) is 29.4 Å². The van der Waals surface area contributed by atoms with Crippen LogP contribution in [-0.2, 0) is 9.59 Å². The van der Waals surface area contributed by atoms with E-state index in [1.54, 1.807) is 29.3 Å². The summed E-state index contributed by atoms with van der Waals surface area (Å²) in [5.41, 5.74) is 4.50. The van der Waals surface area contributed by atoms with Crippen LogP contribution in [0.5, 0.6) is 5.75 Å². The van der Waals surface area contributed by atoms with Crippen molar-refractivity contribution in [2.24, 2.45) is 5.10 Å². The number of carbonyl (C=O) groups is 2. The van der Waals surface area contributed by atoms with Crippen LogP contribution in [0.4, 0.5) is 5.69 Å². The second-order valence-corrected chi connectivity index (χ2v) is 12.2. The highest BCUT2D eigenvalue weighted by molar-refractivity contribution is 8.14. The molecule has 0 spiro atoms. The molecule has 2 aliphatic rings. The third-order valence-electron chi connectivity index (χ3n) is 7.48. The molecule has 0 bridgehead atoms. The SMILES string of the molecule is CCCCCCOc1ccc(N2C(=O)C[C@H](SC(=N)N3N=C(c4ccc(C)cc4)C[C@@H]3c3ccc(Cl)cc3)C2=O)cc1. The first kappa shape index (κ1) is 29.9. The fourth-order valence-electron chi connectivity index (χ4n) is 5.13. The minimum atomic E-state index is -0.705. The normalized spacial score (nSPS) is 18.5. The first-order chi connectivity index (χ1) is 20.3. The number of nitrogens with one attached hydrogen (secondary N) is 1. The van der Waals surface area contributed by atoms with Crippen LogP contribution in [-0.4, -0.2) is 39.6 Å². The van der Waals surface area contributed by atoms with Gasteiger partial charge in [-0.25, -0.2) is 9.91 Å². The van der Waals surface area contributed by atoms with Crippen molar-refractivity contribution in [3.8, 4) is 5.75 Å². The van der Waals surface area contributed by atoms with Crippen LogP contribution in [0.15, 0.2) is 77.9 Å². The number of benzene rings is 3. The molecule has 0 radical (unpaired) electrons. The van der Waals surface area contributed by atoms with Crippen molar-refractivity contribution in [1.29, 1.82) is 5.41 Å². The number of hydrazone groups is 1. The molecule has 1 fully saturated rings. The van der Waals surface area contributed by atoms with E-state index in [0.717, 1.165) is 47.0 Å². The zero-order valence-corrected chi connectivity index (χ0v) is 25.5. The molecule has 2 aliphatic heterocycles. The second kappa shape index (κ2) is 13.6. The molecule has 3 aromatic rings. The number of halogens is 1. The molecule has 2 amide bonds. The lowest BCUT2D eigenvalue weighted by atomic mass is 9.98. The minimum Gasteiger partial charge on any atom is -0.494 e. The molecule has 0 unspecified atom stereocenters. The van der Waals surface area contributed by atoms with Crippen LogP contribution in [0.25, 0.3) is 0 Å². The molecule has 5 rings (SSSR count). The largest absolute Gasteiger partial charge is 0.494 e. The van der Waals surface area contributed by atoms with Gasteiger partial charge in [-0.3, -0.25) is 15.0 Å². The molecule has 9 heteroatoms. The molecule has 0 aliphatic carbocycles. The number of amides is 2. The third kappa shape index (κ3) is 6.88. The summed E-state index contributed by atoms with van der Waals surface area (Å²) in [5, 5.41) is 15.5. The average molecular weight is 603 g/mol. The molecule has 2 heterocycles. The van der Waals surface area contributed by atoms with Crippen molar-refractivity contribution in [3.63, 3.8) is 0 Å². The standard InChI is InChI=1S/C33H35ClN4O3S/c1-3-4-5-6-19-41-27-17-15-26(16-18-27)37-31(39)21-30(32(37)40)42-33(35)38-29(24-11-13-25(34)14-12-24)20-28(36-38)23-9-7-22(2)8-10-23/h7-18,29-30,35H,3-6,19-21H2,1-2H3/t29-,30+/m1/s1. The molecule has 42 heavy (non-hydrogen) atoms. The molecule has 0 saturated carbocycles. The molecular weight excluding hydrogens is 568 g/mol. The molecule has 3 aromatic carbocycles. The van der Waals surface area contributed by atoms with Gasteiger partial charge < -0.3 is 4.74 Å². The number of hydrogen-bond acceptors (Lipinski definition) is 6. The second-order valence-electron chi connectivity index (χ2n) is 10.6. The fourth-order valence-corrected chi connectivity index (χ4v) is 6.23. The van der Waals surface area contributed by atoms with Crippen molar-refractivity contribution in [1.82, 2.24) is 5.01 Å². The molecule has 2 atom stereocenters. The van der Waals surface area contributed by atoms with Crippen molar-refractivity contribution >= 4 is 51.7 Å². The van der Waals surface area contributed by atoms with Crippen LogP contribution < -0.4 is 9.64 Å². The van der Waals surface area contributed by atoms with Crippen LogP contribution in [0, 0.1) is 12.3 Å². The van der Waals surface area contributed by atoms with Gasteiger partial charge in [-0.15, -0.1) is 0 Å². The maximum absolute atomic E-state index is 13.4. The van der Waals surface area contributed by atoms with Gasteiger partial charge in [-0.1, -0.05) is 91.5 Å². The van der Waals surface area contributed by atoms with Crippen LogP contribution >= 0.6 is 23.4 Å². The van der Waals surface area contributed by atoms with Gasteiger partial charge in [-0.05, 0) is 60.9 Å².